The maximum Gasteiger partial charge on any atom is 1.00 e. The first-order valence-electron chi connectivity index (χ1n) is 12.4. The van der Waals surface area contributed by atoms with Crippen LogP contribution in [0.3, 0.4) is 0 Å². The van der Waals surface area contributed by atoms with Gasteiger partial charge in [-0.1, -0.05) is 93.4 Å². The zero-order valence-electron chi connectivity index (χ0n) is 22.2. The third-order valence-electron chi connectivity index (χ3n) is 6.99. The zero-order chi connectivity index (χ0) is 21.6. The number of hydrogen-bond acceptors (Lipinski definition) is 2. The summed E-state index contributed by atoms with van der Waals surface area (Å²) in [4.78, 5) is 0. The minimum atomic E-state index is -1.89. The second-order valence-corrected chi connectivity index (χ2v) is 17.2. The Kier molecular flexibility index (Phi) is 13.4. The van der Waals surface area contributed by atoms with Crippen molar-refractivity contribution in [3.05, 3.63) is 0 Å². The molecule has 0 aromatic heterocycles. The first-order chi connectivity index (χ1) is 12.8. The summed E-state index contributed by atoms with van der Waals surface area (Å²) in [6.45, 7) is 26.9. The quantitative estimate of drug-likeness (QED) is 0.555. The van der Waals surface area contributed by atoms with E-state index in [1.807, 2.05) is 0 Å². The molecule has 0 spiro atoms. The van der Waals surface area contributed by atoms with E-state index in [1.165, 1.54) is 48.0 Å². The number of nitrogens with zero attached hydrogens (tertiary/aromatic N) is 1. The van der Waals surface area contributed by atoms with Crippen molar-refractivity contribution in [1.29, 1.82) is 0 Å². The molecule has 29 heavy (non-hydrogen) atoms. The Morgan fingerprint density at radius 2 is 1.03 bits per heavy atom. The van der Waals surface area contributed by atoms with Crippen molar-refractivity contribution in [2.75, 3.05) is 13.2 Å². The van der Waals surface area contributed by atoms with E-state index in [2.05, 4.69) is 73.1 Å². The van der Waals surface area contributed by atoms with Gasteiger partial charge in [0.1, 0.15) is 0 Å². The average molecular weight is 418 g/mol. The van der Waals surface area contributed by atoms with Gasteiger partial charge >= 0.3 is 18.9 Å². The van der Waals surface area contributed by atoms with Crippen LogP contribution in [0.4, 0.5) is 0 Å². The molecule has 0 aromatic carbocycles. The van der Waals surface area contributed by atoms with Crippen LogP contribution in [-0.4, -0.2) is 41.5 Å². The molecule has 0 radical (unpaired) electrons. The second-order valence-electron chi connectivity index (χ2n) is 12.5. The van der Waals surface area contributed by atoms with Crippen LogP contribution in [0.2, 0.25) is 15.8 Å². The molecule has 0 bridgehead atoms. The topological polar surface area (TPSA) is 12.5 Å². The molecule has 0 N–H and O–H groups in total. The standard InChI is InChI=1S/C9H18N.C4H8O.3C4H9.Al.Li/c1-8(2)6-5-7-9(3,4)10-8;1-2-4-5-3-1;3*1-4(2)3;;/h5-7H2,1-4H3;1-4H2;3*4H,1H2,2-3H3;;/q-1;;;;;;+1. The molecule has 2 aliphatic rings. The molecule has 2 aliphatic heterocycles. The Morgan fingerprint density at radius 3 is 1.28 bits per heavy atom. The largest absolute Gasteiger partial charge is 1.00 e. The van der Waals surface area contributed by atoms with E-state index < -0.39 is 13.3 Å². The first-order valence-corrected chi connectivity index (χ1v) is 15.4. The van der Waals surface area contributed by atoms with Crippen LogP contribution in [0.25, 0.3) is 0 Å². The summed E-state index contributed by atoms with van der Waals surface area (Å²) in [5.41, 5.74) is 0.760. The Bertz CT molecular complexity index is 394. The van der Waals surface area contributed by atoms with Crippen molar-refractivity contribution < 1.29 is 23.6 Å². The zero-order valence-corrected chi connectivity index (χ0v) is 23.4. The number of hydrogen-bond donors (Lipinski definition) is 0. The van der Waals surface area contributed by atoms with Gasteiger partial charge in [0.15, 0.2) is 0 Å². The molecular formula is C25H53AlLiNO. The summed E-state index contributed by atoms with van der Waals surface area (Å²) in [7, 11) is 0. The number of ether oxygens (including phenoxy) is 1. The fraction of sp³-hybridized carbons (Fsp3) is 1.00. The molecule has 4 heteroatoms. The van der Waals surface area contributed by atoms with Gasteiger partial charge in [-0.15, -0.1) is 0 Å². The summed E-state index contributed by atoms with van der Waals surface area (Å²) >= 11 is -1.89. The molecule has 0 aromatic rings. The minimum Gasteiger partial charge on any atom is -0.504 e. The molecular weight excluding hydrogens is 364 g/mol. The predicted molar refractivity (Wildman–Crippen MR) is 129 cm³/mol. The van der Waals surface area contributed by atoms with Crippen LogP contribution in [0.1, 0.15) is 101 Å². The van der Waals surface area contributed by atoms with Crippen LogP contribution >= 0.6 is 0 Å². The van der Waals surface area contributed by atoms with E-state index in [0.717, 1.165) is 31.0 Å². The normalized spacial score (nSPS) is 21.8. The molecule has 2 nitrogen and oxygen atoms in total. The van der Waals surface area contributed by atoms with E-state index in [-0.39, 0.29) is 18.9 Å². The maximum atomic E-state index is 4.94. The SMILES string of the molecule is C1CCOC1.CC(C)[CH2][Al-]([CH2]C(C)C)([CH2]C(C)C)[N]1C(C)(C)CCCC1(C)C.[Li+]. The molecule has 0 saturated carbocycles. The van der Waals surface area contributed by atoms with Gasteiger partial charge in [0.05, 0.1) is 0 Å². The van der Waals surface area contributed by atoms with Gasteiger partial charge in [0.25, 0.3) is 0 Å². The van der Waals surface area contributed by atoms with Gasteiger partial charge in [-0.2, -0.15) is 15.8 Å². The summed E-state index contributed by atoms with van der Waals surface area (Å²) in [6.07, 6.45) is 6.72. The molecule has 0 atom stereocenters. The Morgan fingerprint density at radius 1 is 0.690 bits per heavy atom. The van der Waals surface area contributed by atoms with Crippen LogP contribution in [-0.2, 0) is 4.74 Å². The molecule has 2 heterocycles. The minimum absolute atomic E-state index is 0. The molecule has 2 fully saturated rings. The van der Waals surface area contributed by atoms with E-state index in [0.29, 0.717) is 11.1 Å². The molecule has 2 saturated heterocycles. The second kappa shape index (κ2) is 12.9. The first kappa shape index (κ1) is 30.0. The van der Waals surface area contributed by atoms with Gasteiger partial charge in [-0.25, -0.2) is 0 Å². The van der Waals surface area contributed by atoms with Gasteiger partial charge < -0.3 is 8.62 Å². The third-order valence-corrected chi connectivity index (χ3v) is 14.9. The van der Waals surface area contributed by atoms with Crippen LogP contribution < -0.4 is 18.9 Å². The molecule has 2 rings (SSSR count). The van der Waals surface area contributed by atoms with Crippen LogP contribution in [0.5, 0.6) is 0 Å². The Balaban J connectivity index is 0.00000113. The molecule has 0 unspecified atom stereocenters. The molecule has 0 aliphatic carbocycles. The van der Waals surface area contributed by atoms with Crippen molar-refractivity contribution in [2.24, 2.45) is 17.8 Å². The van der Waals surface area contributed by atoms with Crippen molar-refractivity contribution in [1.82, 2.24) is 3.88 Å². The van der Waals surface area contributed by atoms with Crippen molar-refractivity contribution in [3.8, 4) is 0 Å². The number of rotatable bonds is 7. The molecule has 168 valence electrons. The molecule has 0 amide bonds. The van der Waals surface area contributed by atoms with Crippen molar-refractivity contribution >= 4 is 13.3 Å². The predicted octanol–water partition coefficient (Wildman–Crippen LogP) is 4.74. The average Bonchev–Trinajstić information content (AvgIpc) is 3.01. The number of piperidine rings is 1. The Labute approximate surface area is 199 Å². The van der Waals surface area contributed by atoms with Crippen molar-refractivity contribution in [3.63, 3.8) is 0 Å². The van der Waals surface area contributed by atoms with Gasteiger partial charge in [0.2, 0.25) is 13.3 Å². The van der Waals surface area contributed by atoms with E-state index in [1.54, 1.807) is 0 Å². The summed E-state index contributed by atoms with van der Waals surface area (Å²) in [5.74, 6) is 2.48. The summed E-state index contributed by atoms with van der Waals surface area (Å²) < 4.78 is 8.11. The van der Waals surface area contributed by atoms with E-state index in [4.69, 9.17) is 4.74 Å². The van der Waals surface area contributed by atoms with Crippen LogP contribution in [0.15, 0.2) is 0 Å². The van der Waals surface area contributed by atoms with Crippen LogP contribution in [0, 0.1) is 17.8 Å². The van der Waals surface area contributed by atoms with Gasteiger partial charge in [0, 0.05) is 13.2 Å². The fourth-order valence-electron chi connectivity index (χ4n) is 7.24. The fourth-order valence-corrected chi connectivity index (χ4v) is 16.9. The van der Waals surface area contributed by atoms with Crippen molar-refractivity contribution in [2.45, 2.75) is 128 Å². The monoisotopic (exact) mass is 417 g/mol. The van der Waals surface area contributed by atoms with Gasteiger partial charge in [-0.3, -0.25) is 0 Å². The van der Waals surface area contributed by atoms with E-state index >= 15 is 0 Å². The summed E-state index contributed by atoms with van der Waals surface area (Å²) in [6, 6.07) is 0. The van der Waals surface area contributed by atoms with E-state index in [9.17, 15) is 0 Å². The third kappa shape index (κ3) is 9.60. The summed E-state index contributed by atoms with van der Waals surface area (Å²) in [5, 5.41) is 4.49. The van der Waals surface area contributed by atoms with Gasteiger partial charge in [-0.05, 0) is 36.8 Å². The smallest absolute Gasteiger partial charge is 0.504 e. The Hall–Kier alpha value is 1.05. The maximum absolute atomic E-state index is 4.94.